The fourth-order valence-electron chi connectivity index (χ4n) is 8.31. The van der Waals surface area contributed by atoms with Gasteiger partial charge in [-0.05, 0) is 122 Å². The zero-order valence-corrected chi connectivity index (χ0v) is 36.5. The molecule has 2 aromatic rings. The Morgan fingerprint density at radius 1 is 1.04 bits per heavy atom. The van der Waals surface area contributed by atoms with Crippen LogP contribution < -0.4 is 10.6 Å². The molecule has 8 heteroatoms. The molecule has 1 aromatic heterocycles. The number of thiol groups is 1. The van der Waals surface area contributed by atoms with Crippen LogP contribution in [0.15, 0.2) is 29.7 Å². The number of aromatic nitrogens is 1. The topological polar surface area (TPSA) is 67.1 Å². The minimum absolute atomic E-state index is 0.0576. The fourth-order valence-corrected chi connectivity index (χ4v) is 8.87. The highest BCUT2D eigenvalue weighted by Gasteiger charge is 2.39. The van der Waals surface area contributed by atoms with Gasteiger partial charge in [0.1, 0.15) is 11.4 Å². The van der Waals surface area contributed by atoms with Gasteiger partial charge >= 0.3 is 0 Å². The summed E-state index contributed by atoms with van der Waals surface area (Å²) < 4.78 is 13.4. The number of piperazine rings is 1. The van der Waals surface area contributed by atoms with Crippen LogP contribution in [0.4, 0.5) is 11.5 Å². The maximum atomic E-state index is 6.81. The first-order valence-corrected chi connectivity index (χ1v) is 21.8. The molecule has 2 unspecified atom stereocenters. The van der Waals surface area contributed by atoms with Gasteiger partial charge in [0, 0.05) is 66.4 Å². The Morgan fingerprint density at radius 3 is 2.30 bits per heavy atom. The molecule has 1 saturated heterocycles. The van der Waals surface area contributed by atoms with Crippen LogP contribution in [-0.2, 0) is 9.47 Å². The molecule has 7 nitrogen and oxygen atoms in total. The van der Waals surface area contributed by atoms with Gasteiger partial charge in [-0.15, -0.1) is 0 Å². The van der Waals surface area contributed by atoms with Crippen LogP contribution in [-0.4, -0.2) is 83.7 Å². The van der Waals surface area contributed by atoms with Gasteiger partial charge in [-0.25, -0.2) is 4.98 Å². The van der Waals surface area contributed by atoms with Crippen LogP contribution in [0.3, 0.4) is 0 Å². The first-order chi connectivity index (χ1) is 25.6. The van der Waals surface area contributed by atoms with E-state index in [2.05, 4.69) is 114 Å². The number of rotatable bonds is 15. The van der Waals surface area contributed by atoms with Crippen molar-refractivity contribution in [1.29, 1.82) is 0 Å². The molecule has 2 saturated carbocycles. The summed E-state index contributed by atoms with van der Waals surface area (Å²) in [7, 11) is 0. The minimum Gasteiger partial charge on any atom is -0.473 e. The summed E-state index contributed by atoms with van der Waals surface area (Å²) in [5.41, 5.74) is 12.0. The van der Waals surface area contributed by atoms with Gasteiger partial charge in [-0.1, -0.05) is 52.4 Å². The highest BCUT2D eigenvalue weighted by atomic mass is 32.1. The predicted octanol–water partition coefficient (Wildman–Crippen LogP) is 9.86. The molecule has 1 aliphatic heterocycles. The number of nitrogens with two attached hydrogens (primary N) is 1. The second-order valence-electron chi connectivity index (χ2n) is 18.5. The van der Waals surface area contributed by atoms with Crippen LogP contribution in [0.2, 0.25) is 0 Å². The van der Waals surface area contributed by atoms with Crippen molar-refractivity contribution in [3.8, 4) is 11.8 Å². The van der Waals surface area contributed by atoms with E-state index in [4.69, 9.17) is 32.8 Å². The summed E-state index contributed by atoms with van der Waals surface area (Å²) in [6, 6.07) is 6.75. The zero-order chi connectivity index (χ0) is 39.3. The van der Waals surface area contributed by atoms with Gasteiger partial charge in [0.25, 0.3) is 0 Å². The highest BCUT2D eigenvalue weighted by molar-refractivity contribution is 7.80. The fraction of sp³-hybridized carbons (Fsp3) is 0.717. The third kappa shape index (κ3) is 10.4. The number of benzene rings is 1. The Morgan fingerprint density at radius 2 is 1.72 bits per heavy atom. The Labute approximate surface area is 334 Å². The number of pyridine rings is 1. The van der Waals surface area contributed by atoms with Crippen molar-refractivity contribution in [2.75, 3.05) is 62.3 Å². The van der Waals surface area contributed by atoms with Gasteiger partial charge in [0.05, 0.1) is 30.0 Å². The predicted molar refractivity (Wildman–Crippen MR) is 232 cm³/mol. The molecule has 0 spiro atoms. The molecule has 2 heterocycles. The van der Waals surface area contributed by atoms with Crippen molar-refractivity contribution in [1.82, 2.24) is 14.8 Å². The monoisotopic (exact) mass is 760 g/mol. The summed E-state index contributed by atoms with van der Waals surface area (Å²) in [5.74, 6) is 10.5. The maximum absolute atomic E-state index is 6.81. The third-order valence-electron chi connectivity index (χ3n) is 12.8. The van der Waals surface area contributed by atoms with E-state index in [-0.39, 0.29) is 22.7 Å². The van der Waals surface area contributed by atoms with Crippen molar-refractivity contribution < 1.29 is 9.47 Å². The average molecular weight is 760 g/mol. The third-order valence-corrected chi connectivity index (χ3v) is 13.2. The molecule has 2 aliphatic carbocycles. The molecular formula is C46H73N5O2S. The number of nitrogens with zero attached hydrogens (tertiary/aromatic N) is 4. The van der Waals surface area contributed by atoms with Crippen LogP contribution in [0.5, 0.6) is 0 Å². The van der Waals surface area contributed by atoms with Gasteiger partial charge in [0.2, 0.25) is 0 Å². The van der Waals surface area contributed by atoms with Gasteiger partial charge < -0.3 is 25.0 Å². The molecule has 5 rings (SSSR count). The van der Waals surface area contributed by atoms with Crippen molar-refractivity contribution in [2.45, 2.75) is 144 Å². The maximum Gasteiger partial charge on any atom is 0.189 e. The summed E-state index contributed by atoms with van der Waals surface area (Å²) in [5, 5.41) is 1.12. The van der Waals surface area contributed by atoms with E-state index < -0.39 is 0 Å². The average Bonchev–Trinajstić information content (AvgIpc) is 3.64. The van der Waals surface area contributed by atoms with E-state index in [0.717, 1.165) is 92.4 Å². The van der Waals surface area contributed by atoms with E-state index in [0.29, 0.717) is 17.7 Å². The molecular weight excluding hydrogens is 687 g/mol. The molecule has 2 N–H and O–H groups in total. The zero-order valence-electron chi connectivity index (χ0n) is 35.6. The lowest BCUT2D eigenvalue weighted by atomic mass is 9.74. The number of hydrogen-bond donors (Lipinski definition) is 2. The quantitative estimate of drug-likeness (QED) is 0.107. The van der Waals surface area contributed by atoms with Crippen LogP contribution >= 0.6 is 12.6 Å². The molecule has 3 fully saturated rings. The Hall–Kier alpha value is -2.60. The normalized spacial score (nSPS) is 19.5. The number of allylic oxidation sites excluding steroid dienone is 1. The first-order valence-electron chi connectivity index (χ1n) is 21.2. The van der Waals surface area contributed by atoms with Gasteiger partial charge in [-0.3, -0.25) is 4.90 Å². The minimum atomic E-state index is -0.190. The summed E-state index contributed by atoms with van der Waals surface area (Å²) in [6.07, 6.45) is 10.8. The molecule has 0 radical (unpaired) electrons. The molecule has 0 bridgehead atoms. The molecule has 0 amide bonds. The summed E-state index contributed by atoms with van der Waals surface area (Å²) in [6.45, 7) is 28.7. The number of nitrogen functional groups attached to an aromatic ring is 1. The second-order valence-corrected chi connectivity index (χ2v) is 18.9. The summed E-state index contributed by atoms with van der Waals surface area (Å²) in [4.78, 5) is 12.5. The standard InChI is InChI=1S/C46H73N5O2S/c1-11-33(3)40(30-54)51(31-46(10,12-2)32-52-45(8,9)37-20-15-21-37)41-34(4)42(47)48-39-29-35(22-23-38(39)41)17-16-24-49-25-27-50(28-26-49)43(53-44(5,6)7)36-18-13-14-19-36/h22-23,29,33,37,40,54H,11-15,18-21,24-28,30-32H2,1-10H3,(H2,47,48)/t33-,40?,46?/m1/s1. The van der Waals surface area contributed by atoms with E-state index in [1.165, 1.54) is 56.2 Å². The van der Waals surface area contributed by atoms with Crippen LogP contribution in [0, 0.1) is 36.0 Å². The Kier molecular flexibility index (Phi) is 14.3. The lowest BCUT2D eigenvalue weighted by Crippen LogP contribution is -2.50. The van der Waals surface area contributed by atoms with E-state index >= 15 is 0 Å². The lowest BCUT2D eigenvalue weighted by molar-refractivity contribution is -0.110. The Balaban J connectivity index is 1.35. The molecule has 300 valence electrons. The van der Waals surface area contributed by atoms with Crippen molar-refractivity contribution in [2.24, 2.45) is 17.3 Å². The van der Waals surface area contributed by atoms with E-state index in [1.807, 2.05) is 0 Å². The highest BCUT2D eigenvalue weighted by Crippen LogP contribution is 2.42. The van der Waals surface area contributed by atoms with Gasteiger partial charge in [-0.2, -0.15) is 12.6 Å². The first kappa shape index (κ1) is 42.5. The van der Waals surface area contributed by atoms with Crippen molar-refractivity contribution in [3.63, 3.8) is 0 Å². The molecule has 54 heavy (non-hydrogen) atoms. The summed E-state index contributed by atoms with van der Waals surface area (Å²) >= 11 is 4.97. The smallest absolute Gasteiger partial charge is 0.189 e. The molecule has 1 aromatic carbocycles. The molecule has 3 atom stereocenters. The van der Waals surface area contributed by atoms with E-state index in [9.17, 15) is 0 Å². The second kappa shape index (κ2) is 18.1. The molecule has 3 aliphatic rings. The van der Waals surface area contributed by atoms with E-state index in [1.54, 1.807) is 0 Å². The lowest BCUT2D eigenvalue weighted by Gasteiger charge is -2.46. The van der Waals surface area contributed by atoms with Crippen LogP contribution in [0.25, 0.3) is 10.9 Å². The van der Waals surface area contributed by atoms with Crippen molar-refractivity contribution >= 4 is 35.0 Å². The Bertz CT molecular complexity index is 1650. The van der Waals surface area contributed by atoms with Crippen LogP contribution in [0.1, 0.15) is 131 Å². The number of hydrogen-bond acceptors (Lipinski definition) is 8. The number of anilines is 2. The van der Waals surface area contributed by atoms with Gasteiger partial charge in [0.15, 0.2) is 5.88 Å². The van der Waals surface area contributed by atoms with Crippen molar-refractivity contribution in [3.05, 3.63) is 40.8 Å². The SMILES string of the molecule is CC[C@@H](C)C(CS)N(CC(C)(CC)COC(C)(C)C1CCC1)c1c(C)c(N)nc2cc(C#CCN3CCN(C(OC(C)(C)C)=C4CCCC4)CC3)ccc12. The largest absolute Gasteiger partial charge is 0.473 e. The number of fused-ring (bicyclic) bond motifs is 1. The number of ether oxygens (including phenoxy) is 2.